The lowest BCUT2D eigenvalue weighted by Gasteiger charge is -2.17. The van der Waals surface area contributed by atoms with Crippen molar-refractivity contribution >= 4 is 22.9 Å². The molecule has 10 heteroatoms. The Kier molecular flexibility index (Phi) is 4.60. The highest BCUT2D eigenvalue weighted by Gasteiger charge is 2.18. The number of imidazole rings is 1. The van der Waals surface area contributed by atoms with Gasteiger partial charge in [-0.15, -0.1) is 0 Å². The number of benzene rings is 1. The first-order valence-electron chi connectivity index (χ1n) is 8.82. The molecule has 0 unspecified atom stereocenters. The number of hydrogen-bond acceptors (Lipinski definition) is 7. The van der Waals surface area contributed by atoms with Gasteiger partial charge < -0.3 is 24.7 Å². The number of carbonyl (C=O) groups is 1. The van der Waals surface area contributed by atoms with Crippen molar-refractivity contribution in [2.75, 3.05) is 39.2 Å². The summed E-state index contributed by atoms with van der Waals surface area (Å²) in [6, 6.07) is 7.49. The van der Waals surface area contributed by atoms with E-state index in [4.69, 9.17) is 9.47 Å². The fourth-order valence-electron chi connectivity index (χ4n) is 2.98. The maximum Gasteiger partial charge on any atom is 0.328 e. The van der Waals surface area contributed by atoms with Crippen LogP contribution in [-0.4, -0.2) is 64.2 Å². The van der Waals surface area contributed by atoms with Crippen LogP contribution in [0.15, 0.2) is 29.1 Å². The van der Waals surface area contributed by atoms with E-state index in [0.29, 0.717) is 42.4 Å². The van der Waals surface area contributed by atoms with Crippen molar-refractivity contribution < 1.29 is 14.3 Å². The van der Waals surface area contributed by atoms with E-state index in [1.165, 1.54) is 9.47 Å². The number of amides is 1. The third-order valence-corrected chi connectivity index (χ3v) is 4.52. The van der Waals surface area contributed by atoms with Crippen molar-refractivity contribution in [3.05, 3.63) is 40.3 Å². The third-order valence-electron chi connectivity index (χ3n) is 4.52. The first-order chi connectivity index (χ1) is 13.5. The molecular weight excluding hydrogens is 364 g/mol. The number of anilines is 1. The molecule has 28 heavy (non-hydrogen) atoms. The Morgan fingerprint density at radius 2 is 2.07 bits per heavy atom. The molecule has 1 aromatic carbocycles. The van der Waals surface area contributed by atoms with Gasteiger partial charge in [0.1, 0.15) is 17.9 Å². The minimum atomic E-state index is -0.315. The molecule has 4 bridgehead atoms. The summed E-state index contributed by atoms with van der Waals surface area (Å²) in [7, 11) is 3.36. The van der Waals surface area contributed by atoms with Gasteiger partial charge in [0.15, 0.2) is 18.1 Å². The third kappa shape index (κ3) is 3.36. The first kappa shape index (κ1) is 17.8. The molecular formula is C18H20N6O4. The van der Waals surface area contributed by atoms with E-state index in [-0.39, 0.29) is 24.2 Å². The van der Waals surface area contributed by atoms with Crippen LogP contribution < -0.4 is 20.5 Å². The molecule has 0 fully saturated rings. The summed E-state index contributed by atoms with van der Waals surface area (Å²) < 4.78 is 12.7. The van der Waals surface area contributed by atoms with Crippen LogP contribution in [0, 0.1) is 0 Å². The van der Waals surface area contributed by atoms with Crippen molar-refractivity contribution in [3.63, 3.8) is 0 Å². The van der Waals surface area contributed by atoms with E-state index in [0.717, 1.165) is 5.56 Å². The summed E-state index contributed by atoms with van der Waals surface area (Å²) in [6.45, 7) is 0.837. The normalized spacial score (nSPS) is 14.9. The highest BCUT2D eigenvalue weighted by molar-refractivity contribution is 5.83. The van der Waals surface area contributed by atoms with Gasteiger partial charge in [-0.3, -0.25) is 9.36 Å². The first-order valence-corrected chi connectivity index (χ1v) is 8.82. The maximum absolute atomic E-state index is 12.5. The number of aromatic nitrogens is 4. The molecule has 3 heterocycles. The van der Waals surface area contributed by atoms with Crippen LogP contribution in [0.3, 0.4) is 0 Å². The van der Waals surface area contributed by atoms with Crippen LogP contribution >= 0.6 is 0 Å². The molecule has 146 valence electrons. The monoisotopic (exact) mass is 384 g/mol. The summed E-state index contributed by atoms with van der Waals surface area (Å²) in [6.07, 6.45) is 0. The lowest BCUT2D eigenvalue weighted by molar-refractivity contribution is -0.132. The quantitative estimate of drug-likeness (QED) is 0.626. The van der Waals surface area contributed by atoms with Gasteiger partial charge in [-0.1, -0.05) is 12.1 Å². The van der Waals surface area contributed by atoms with Gasteiger partial charge >= 0.3 is 11.7 Å². The minimum absolute atomic E-state index is 0.0197. The van der Waals surface area contributed by atoms with E-state index in [1.807, 2.05) is 24.3 Å². The van der Waals surface area contributed by atoms with Gasteiger partial charge in [-0.2, -0.15) is 9.97 Å². The van der Waals surface area contributed by atoms with Gasteiger partial charge in [0.25, 0.3) is 5.91 Å². The molecule has 1 amide bonds. The Balaban J connectivity index is 1.84. The van der Waals surface area contributed by atoms with E-state index in [9.17, 15) is 9.59 Å². The molecule has 2 N–H and O–H groups in total. The maximum atomic E-state index is 12.5. The van der Waals surface area contributed by atoms with Crippen LogP contribution in [0.2, 0.25) is 0 Å². The SMILES string of the molecule is CNc1nc2nc3c1[nH]c(=O)n3Cc1cccc(c1)OCCN(C)C(=O)CO2. The van der Waals surface area contributed by atoms with E-state index >= 15 is 0 Å². The summed E-state index contributed by atoms with van der Waals surface area (Å²) in [5, 5.41) is 2.93. The molecule has 0 spiro atoms. The highest BCUT2D eigenvalue weighted by Crippen LogP contribution is 2.21. The number of carbonyl (C=O) groups excluding carboxylic acids is 1. The Hall–Kier alpha value is -3.56. The lowest BCUT2D eigenvalue weighted by Crippen LogP contribution is -2.34. The summed E-state index contributed by atoms with van der Waals surface area (Å²) in [4.78, 5) is 37.7. The van der Waals surface area contributed by atoms with Crippen LogP contribution in [0.5, 0.6) is 11.8 Å². The van der Waals surface area contributed by atoms with Crippen molar-refractivity contribution in [3.8, 4) is 11.8 Å². The fourth-order valence-corrected chi connectivity index (χ4v) is 2.98. The molecule has 3 aromatic rings. The second-order valence-electron chi connectivity index (χ2n) is 6.42. The molecule has 0 saturated carbocycles. The minimum Gasteiger partial charge on any atom is -0.492 e. The van der Waals surface area contributed by atoms with Crippen LogP contribution in [0.1, 0.15) is 5.56 Å². The number of fused-ring (bicyclic) bond motifs is 3. The standard InChI is InChI=1S/C18H20N6O4/c1-19-15-14-16-22-17(21-15)28-10-13(25)23(2)6-7-27-12-5-3-4-11(8-12)9-24(16)18(26)20-14/h3-5,8H,6-7,9-10H2,1-2H3,(H,20,26)(H,19,21,22). The molecule has 2 aromatic heterocycles. The second kappa shape index (κ2) is 7.22. The van der Waals surface area contributed by atoms with Gasteiger partial charge in [-0.05, 0) is 17.7 Å². The Bertz CT molecular complexity index is 1090. The molecule has 4 rings (SSSR count). The average Bonchev–Trinajstić information content (AvgIpc) is 3.00. The Morgan fingerprint density at radius 3 is 2.89 bits per heavy atom. The zero-order valence-electron chi connectivity index (χ0n) is 15.6. The molecule has 0 saturated heterocycles. The topological polar surface area (TPSA) is 114 Å². The zero-order chi connectivity index (χ0) is 19.7. The molecule has 0 aliphatic carbocycles. The Morgan fingerprint density at radius 1 is 1.21 bits per heavy atom. The van der Waals surface area contributed by atoms with Crippen LogP contribution in [0.25, 0.3) is 11.2 Å². The van der Waals surface area contributed by atoms with Gasteiger partial charge in [0, 0.05) is 14.1 Å². The molecule has 0 atom stereocenters. The number of nitrogens with one attached hydrogen (secondary N) is 2. The number of aromatic amines is 1. The number of likely N-dealkylation sites (N-methyl/N-ethyl adjacent to an activating group) is 1. The summed E-state index contributed by atoms with van der Waals surface area (Å²) in [5.74, 6) is 0.857. The summed E-state index contributed by atoms with van der Waals surface area (Å²) in [5.41, 5.74) is 1.43. The molecule has 0 radical (unpaired) electrons. The van der Waals surface area contributed by atoms with Crippen LogP contribution in [-0.2, 0) is 11.3 Å². The molecule has 1 aliphatic rings. The average molecular weight is 384 g/mol. The number of ether oxygens (including phenoxy) is 2. The predicted molar refractivity (Wildman–Crippen MR) is 102 cm³/mol. The van der Waals surface area contributed by atoms with E-state index in [2.05, 4.69) is 20.3 Å². The predicted octanol–water partition coefficient (Wildman–Crippen LogP) is 0.439. The van der Waals surface area contributed by atoms with E-state index < -0.39 is 0 Å². The number of hydrogen-bond donors (Lipinski definition) is 2. The van der Waals surface area contributed by atoms with Crippen molar-refractivity contribution in [1.29, 1.82) is 0 Å². The zero-order valence-corrected chi connectivity index (χ0v) is 15.6. The highest BCUT2D eigenvalue weighted by atomic mass is 16.5. The van der Waals surface area contributed by atoms with Gasteiger partial charge in [-0.25, -0.2) is 4.79 Å². The molecule has 10 nitrogen and oxygen atoms in total. The smallest absolute Gasteiger partial charge is 0.328 e. The summed E-state index contributed by atoms with van der Waals surface area (Å²) >= 11 is 0. The van der Waals surface area contributed by atoms with Gasteiger partial charge in [0.2, 0.25) is 0 Å². The van der Waals surface area contributed by atoms with Crippen molar-refractivity contribution in [2.24, 2.45) is 0 Å². The largest absolute Gasteiger partial charge is 0.492 e. The molecule has 1 aliphatic heterocycles. The van der Waals surface area contributed by atoms with Crippen LogP contribution in [0.4, 0.5) is 5.82 Å². The lowest BCUT2D eigenvalue weighted by atomic mass is 10.2. The number of rotatable bonds is 1. The van der Waals surface area contributed by atoms with E-state index in [1.54, 1.807) is 14.1 Å². The number of H-pyrrole nitrogens is 1. The number of nitrogens with zero attached hydrogens (tertiary/aromatic N) is 4. The Labute approximate surface area is 160 Å². The second-order valence-corrected chi connectivity index (χ2v) is 6.42. The van der Waals surface area contributed by atoms with Crippen molar-refractivity contribution in [2.45, 2.75) is 6.54 Å². The fraction of sp³-hybridized carbons (Fsp3) is 0.333. The van der Waals surface area contributed by atoms with Crippen molar-refractivity contribution in [1.82, 2.24) is 24.4 Å². The van der Waals surface area contributed by atoms with Gasteiger partial charge in [0.05, 0.1) is 13.1 Å².